The van der Waals surface area contributed by atoms with E-state index in [0.29, 0.717) is 48.6 Å². The first kappa shape index (κ1) is 18.2. The molecule has 1 saturated heterocycles. The van der Waals surface area contributed by atoms with Crippen molar-refractivity contribution in [3.63, 3.8) is 0 Å². The van der Waals surface area contributed by atoms with Crippen LogP contribution in [-0.2, 0) is 4.74 Å². The fourth-order valence-electron chi connectivity index (χ4n) is 2.22. The Morgan fingerprint density at radius 1 is 1.38 bits per heavy atom. The lowest BCUT2D eigenvalue weighted by Crippen LogP contribution is -2.51. The molecule has 0 atom stereocenters. The maximum absolute atomic E-state index is 11.7. The number of anilines is 1. The highest BCUT2D eigenvalue weighted by Crippen LogP contribution is 2.27. The van der Waals surface area contributed by atoms with Gasteiger partial charge in [-0.15, -0.1) is 0 Å². The topological polar surface area (TPSA) is 88.0 Å². The third kappa shape index (κ3) is 4.45. The van der Waals surface area contributed by atoms with E-state index in [-0.39, 0.29) is 11.8 Å². The van der Waals surface area contributed by atoms with Crippen LogP contribution in [0.3, 0.4) is 0 Å². The highest BCUT2D eigenvalue weighted by atomic mass is 35.5. The van der Waals surface area contributed by atoms with Crippen LogP contribution < -0.4 is 5.32 Å². The molecule has 1 fully saturated rings. The zero-order valence-corrected chi connectivity index (χ0v) is 14.6. The van der Waals surface area contributed by atoms with Gasteiger partial charge in [-0.3, -0.25) is 10.1 Å². The van der Waals surface area contributed by atoms with Crippen molar-refractivity contribution in [2.45, 2.75) is 6.92 Å². The number of amides is 1. The molecule has 0 spiro atoms. The lowest BCUT2D eigenvalue weighted by atomic mass is 10.3. The number of carbonyl (C=O) groups is 1. The van der Waals surface area contributed by atoms with Gasteiger partial charge in [-0.25, -0.2) is 4.79 Å². The number of nitro groups is 1. The van der Waals surface area contributed by atoms with Crippen LogP contribution in [0.2, 0.25) is 5.02 Å². The van der Waals surface area contributed by atoms with Gasteiger partial charge in [0.2, 0.25) is 0 Å². The third-order valence-electron chi connectivity index (χ3n) is 3.50. The number of thiocarbonyl (C=S) groups is 1. The van der Waals surface area contributed by atoms with Gasteiger partial charge in [0.05, 0.1) is 22.2 Å². The Morgan fingerprint density at radius 3 is 2.58 bits per heavy atom. The van der Waals surface area contributed by atoms with E-state index in [9.17, 15) is 14.9 Å². The van der Waals surface area contributed by atoms with Gasteiger partial charge in [0.25, 0.3) is 5.69 Å². The van der Waals surface area contributed by atoms with Gasteiger partial charge in [-0.05, 0) is 25.2 Å². The van der Waals surface area contributed by atoms with Crippen molar-refractivity contribution < 1.29 is 14.5 Å². The number of hydrogen-bond acceptors (Lipinski definition) is 5. The van der Waals surface area contributed by atoms with E-state index in [2.05, 4.69) is 5.32 Å². The minimum atomic E-state index is -0.497. The standard InChI is InChI=1S/C14H17ClN4O4S/c1-2-23-14(20)18-7-5-17(6-8-18)13(24)16-12-9-10(19(21)22)3-4-11(12)15/h3-4,9H,2,5-8H2,1H3,(H,16,24). The molecule has 1 aliphatic heterocycles. The van der Waals surface area contributed by atoms with E-state index in [1.807, 2.05) is 4.90 Å². The molecule has 1 amide bonds. The van der Waals surface area contributed by atoms with Crippen LogP contribution >= 0.6 is 23.8 Å². The first-order valence-corrected chi connectivity index (χ1v) is 8.12. The van der Waals surface area contributed by atoms with Crippen LogP contribution in [0.25, 0.3) is 0 Å². The van der Waals surface area contributed by atoms with Crippen LogP contribution in [0.15, 0.2) is 18.2 Å². The summed E-state index contributed by atoms with van der Waals surface area (Å²) in [5, 5.41) is 14.5. The summed E-state index contributed by atoms with van der Waals surface area (Å²) in [6.07, 6.45) is -0.335. The molecule has 0 saturated carbocycles. The summed E-state index contributed by atoms with van der Waals surface area (Å²) in [7, 11) is 0. The van der Waals surface area contributed by atoms with Gasteiger partial charge >= 0.3 is 6.09 Å². The number of hydrogen-bond donors (Lipinski definition) is 1. The molecule has 130 valence electrons. The van der Waals surface area contributed by atoms with E-state index < -0.39 is 4.92 Å². The van der Waals surface area contributed by atoms with Crippen LogP contribution in [0.4, 0.5) is 16.2 Å². The van der Waals surface area contributed by atoms with Crippen LogP contribution in [0.1, 0.15) is 6.92 Å². The number of ether oxygens (including phenoxy) is 1. The predicted molar refractivity (Wildman–Crippen MR) is 94.5 cm³/mol. The van der Waals surface area contributed by atoms with Crippen molar-refractivity contribution in [2.75, 3.05) is 38.1 Å². The summed E-state index contributed by atoms with van der Waals surface area (Å²) in [6.45, 7) is 4.15. The molecule has 8 nitrogen and oxygen atoms in total. The number of non-ortho nitro benzene ring substituents is 1. The third-order valence-corrected chi connectivity index (χ3v) is 4.19. The van der Waals surface area contributed by atoms with Gasteiger partial charge < -0.3 is 19.9 Å². The van der Waals surface area contributed by atoms with Gasteiger partial charge in [0, 0.05) is 38.3 Å². The first-order valence-electron chi connectivity index (χ1n) is 7.34. The number of nitrogens with zero attached hydrogens (tertiary/aromatic N) is 3. The zero-order chi connectivity index (χ0) is 17.7. The highest BCUT2D eigenvalue weighted by Gasteiger charge is 2.23. The molecule has 24 heavy (non-hydrogen) atoms. The SMILES string of the molecule is CCOC(=O)N1CCN(C(=S)Nc2cc([N+](=O)[O-])ccc2Cl)CC1. The summed E-state index contributed by atoms with van der Waals surface area (Å²) < 4.78 is 4.96. The molecule has 1 aromatic rings. The Labute approximate surface area is 149 Å². The second-order valence-electron chi connectivity index (χ2n) is 5.02. The van der Waals surface area contributed by atoms with E-state index >= 15 is 0 Å². The van der Waals surface area contributed by atoms with Crippen molar-refractivity contribution in [3.8, 4) is 0 Å². The van der Waals surface area contributed by atoms with E-state index in [1.165, 1.54) is 18.2 Å². The second kappa shape index (κ2) is 8.11. The largest absolute Gasteiger partial charge is 0.450 e. The Hall–Kier alpha value is -2.13. The maximum Gasteiger partial charge on any atom is 0.409 e. The minimum Gasteiger partial charge on any atom is -0.450 e. The Kier molecular flexibility index (Phi) is 6.16. The summed E-state index contributed by atoms with van der Waals surface area (Å²) in [5.74, 6) is 0. The number of carbonyl (C=O) groups excluding carboxylic acids is 1. The predicted octanol–water partition coefficient (Wildman–Crippen LogP) is 2.72. The minimum absolute atomic E-state index is 0.0724. The Morgan fingerprint density at radius 2 is 2.00 bits per heavy atom. The van der Waals surface area contributed by atoms with Crippen molar-refractivity contribution in [2.24, 2.45) is 0 Å². The molecule has 1 aliphatic rings. The molecule has 1 aromatic carbocycles. The molecule has 0 unspecified atom stereocenters. The molecular formula is C14H17ClN4O4S. The van der Waals surface area contributed by atoms with Gasteiger partial charge in [0.1, 0.15) is 0 Å². The van der Waals surface area contributed by atoms with Crippen LogP contribution in [0, 0.1) is 10.1 Å². The van der Waals surface area contributed by atoms with Gasteiger partial charge in [-0.1, -0.05) is 11.6 Å². The lowest BCUT2D eigenvalue weighted by molar-refractivity contribution is -0.384. The van der Waals surface area contributed by atoms with E-state index in [1.54, 1.807) is 11.8 Å². The molecular weight excluding hydrogens is 356 g/mol. The molecule has 10 heteroatoms. The quantitative estimate of drug-likeness (QED) is 0.495. The van der Waals surface area contributed by atoms with E-state index in [0.717, 1.165) is 0 Å². The molecule has 1 N–H and O–H groups in total. The second-order valence-corrected chi connectivity index (χ2v) is 5.82. The average Bonchev–Trinajstić information content (AvgIpc) is 2.57. The number of benzene rings is 1. The average molecular weight is 373 g/mol. The van der Waals surface area contributed by atoms with Gasteiger partial charge in [0.15, 0.2) is 5.11 Å². The molecule has 0 bridgehead atoms. The van der Waals surface area contributed by atoms with Gasteiger partial charge in [-0.2, -0.15) is 0 Å². The molecule has 0 aliphatic carbocycles. The van der Waals surface area contributed by atoms with Crippen LogP contribution in [-0.4, -0.2) is 58.7 Å². The number of piperazine rings is 1. The lowest BCUT2D eigenvalue weighted by Gasteiger charge is -2.35. The number of nitrogens with one attached hydrogen (secondary N) is 1. The summed E-state index contributed by atoms with van der Waals surface area (Å²) >= 11 is 11.4. The fraction of sp³-hybridized carbons (Fsp3) is 0.429. The van der Waals surface area contributed by atoms with Crippen molar-refractivity contribution in [3.05, 3.63) is 33.3 Å². The highest BCUT2D eigenvalue weighted by molar-refractivity contribution is 7.80. The Balaban J connectivity index is 1.96. The van der Waals surface area contributed by atoms with Crippen molar-refractivity contribution >= 4 is 46.4 Å². The van der Waals surface area contributed by atoms with Crippen LogP contribution in [0.5, 0.6) is 0 Å². The van der Waals surface area contributed by atoms with Crippen molar-refractivity contribution in [1.82, 2.24) is 9.80 Å². The molecule has 2 rings (SSSR count). The van der Waals surface area contributed by atoms with Crippen molar-refractivity contribution in [1.29, 1.82) is 0 Å². The summed E-state index contributed by atoms with van der Waals surface area (Å²) in [5.41, 5.74) is 0.306. The first-order chi connectivity index (χ1) is 11.4. The molecule has 0 radical (unpaired) electrons. The zero-order valence-electron chi connectivity index (χ0n) is 13.0. The molecule has 1 heterocycles. The summed E-state index contributed by atoms with van der Waals surface area (Å²) in [6, 6.07) is 4.11. The smallest absolute Gasteiger partial charge is 0.409 e. The number of nitro benzene ring substituents is 1. The maximum atomic E-state index is 11.7. The number of rotatable bonds is 3. The Bertz CT molecular complexity index is 650. The fourth-order valence-corrected chi connectivity index (χ4v) is 2.68. The molecule has 0 aromatic heterocycles. The van der Waals surface area contributed by atoms with E-state index in [4.69, 9.17) is 28.6 Å². The summed E-state index contributed by atoms with van der Waals surface area (Å²) in [4.78, 5) is 25.5. The normalized spacial score (nSPS) is 14.2. The monoisotopic (exact) mass is 372 g/mol. The number of halogens is 1.